The fourth-order valence-electron chi connectivity index (χ4n) is 1.19. The van der Waals surface area contributed by atoms with Crippen LogP contribution >= 0.6 is 0 Å². The van der Waals surface area contributed by atoms with E-state index in [-0.39, 0.29) is 6.04 Å². The average Bonchev–Trinajstić information content (AvgIpc) is 2.59. The molecule has 0 aliphatic rings. The lowest BCUT2D eigenvalue weighted by atomic mass is 10.2. The Bertz CT molecular complexity index is 337. The summed E-state index contributed by atoms with van der Waals surface area (Å²) in [6, 6.07) is -0.286. The Morgan fingerprint density at radius 3 is 2.62 bits per heavy atom. The molecular weight excluding hydrogens is 223 g/mol. The largest absolute Gasteiger partial charge is 0.415 e. The Morgan fingerprint density at radius 1 is 1.56 bits per heavy atom. The number of rotatable bonds is 4. The molecule has 1 heterocycles. The smallest absolute Gasteiger partial charge is 0.382 e. The topological polar surface area (TPSA) is 50.1 Å². The van der Waals surface area contributed by atoms with Gasteiger partial charge in [0, 0.05) is 31.4 Å². The molecular formula is C9H14F3N3O. The standard InChI is InChI=1S/C9H14F3N3O/c1-6(7-3-14-15(2)5-7)13-4-8(16)9(10,11)12/h3,5-6,8,13,16H,4H2,1-2H3. The molecule has 2 N–H and O–H groups in total. The Balaban J connectivity index is 2.44. The number of aliphatic hydroxyl groups is 1. The van der Waals surface area contributed by atoms with Gasteiger partial charge >= 0.3 is 6.18 Å². The first kappa shape index (κ1) is 13.0. The highest BCUT2D eigenvalue weighted by atomic mass is 19.4. The molecule has 7 heteroatoms. The predicted molar refractivity (Wildman–Crippen MR) is 51.7 cm³/mol. The fourth-order valence-corrected chi connectivity index (χ4v) is 1.19. The van der Waals surface area contributed by atoms with Crippen LogP contribution in [0, 0.1) is 0 Å². The molecule has 0 aromatic carbocycles. The number of aromatic nitrogens is 2. The van der Waals surface area contributed by atoms with E-state index < -0.39 is 18.8 Å². The molecule has 0 saturated heterocycles. The van der Waals surface area contributed by atoms with Crippen LogP contribution in [0.4, 0.5) is 13.2 Å². The molecule has 0 aliphatic carbocycles. The number of nitrogens with one attached hydrogen (secondary N) is 1. The molecule has 0 aliphatic heterocycles. The highest BCUT2D eigenvalue weighted by molar-refractivity contribution is 5.08. The van der Waals surface area contributed by atoms with Gasteiger partial charge in [-0.3, -0.25) is 4.68 Å². The zero-order valence-corrected chi connectivity index (χ0v) is 8.99. The van der Waals surface area contributed by atoms with Crippen LogP contribution in [0.15, 0.2) is 12.4 Å². The molecule has 0 radical (unpaired) electrons. The van der Waals surface area contributed by atoms with Crippen molar-refractivity contribution in [3.63, 3.8) is 0 Å². The monoisotopic (exact) mass is 237 g/mol. The van der Waals surface area contributed by atoms with Gasteiger partial charge < -0.3 is 10.4 Å². The third-order valence-electron chi connectivity index (χ3n) is 2.22. The molecule has 0 fully saturated rings. The van der Waals surface area contributed by atoms with E-state index >= 15 is 0 Å². The lowest BCUT2D eigenvalue weighted by Gasteiger charge is -2.18. The van der Waals surface area contributed by atoms with Crippen LogP contribution in [-0.4, -0.2) is 33.7 Å². The SMILES string of the molecule is CC(NCC(O)C(F)(F)F)c1cnn(C)c1. The molecule has 1 aromatic rings. The summed E-state index contributed by atoms with van der Waals surface area (Å²) in [5, 5.41) is 15.3. The summed E-state index contributed by atoms with van der Waals surface area (Å²) in [5.74, 6) is 0. The van der Waals surface area contributed by atoms with Gasteiger partial charge in [0.25, 0.3) is 0 Å². The van der Waals surface area contributed by atoms with Crippen molar-refractivity contribution < 1.29 is 18.3 Å². The zero-order chi connectivity index (χ0) is 12.3. The Labute approximate surface area is 91.1 Å². The summed E-state index contributed by atoms with van der Waals surface area (Å²) in [4.78, 5) is 0. The van der Waals surface area contributed by atoms with Gasteiger partial charge in [-0.25, -0.2) is 0 Å². The van der Waals surface area contributed by atoms with Crippen molar-refractivity contribution in [1.29, 1.82) is 0 Å². The molecule has 0 bridgehead atoms. The maximum atomic E-state index is 12.0. The summed E-state index contributed by atoms with van der Waals surface area (Å²) < 4.78 is 37.6. The van der Waals surface area contributed by atoms with Gasteiger partial charge in [-0.15, -0.1) is 0 Å². The van der Waals surface area contributed by atoms with E-state index in [1.54, 1.807) is 31.0 Å². The van der Waals surface area contributed by atoms with Gasteiger partial charge in [0.05, 0.1) is 6.20 Å². The normalized spacial score (nSPS) is 16.1. The molecule has 2 unspecified atom stereocenters. The van der Waals surface area contributed by atoms with Crippen LogP contribution < -0.4 is 5.32 Å². The van der Waals surface area contributed by atoms with Gasteiger partial charge in [-0.2, -0.15) is 18.3 Å². The lowest BCUT2D eigenvalue weighted by molar-refractivity contribution is -0.202. The van der Waals surface area contributed by atoms with Crippen LogP contribution in [0.5, 0.6) is 0 Å². The van der Waals surface area contributed by atoms with Crippen LogP contribution in [0.1, 0.15) is 18.5 Å². The van der Waals surface area contributed by atoms with Gasteiger partial charge in [-0.05, 0) is 6.92 Å². The van der Waals surface area contributed by atoms with E-state index in [1.165, 1.54) is 0 Å². The third kappa shape index (κ3) is 3.49. The molecule has 0 amide bonds. The quantitative estimate of drug-likeness (QED) is 0.821. The van der Waals surface area contributed by atoms with Gasteiger partial charge in [0.1, 0.15) is 0 Å². The second-order valence-electron chi connectivity index (χ2n) is 3.63. The van der Waals surface area contributed by atoms with Crippen molar-refractivity contribution in [1.82, 2.24) is 15.1 Å². The van der Waals surface area contributed by atoms with E-state index in [0.717, 1.165) is 5.56 Å². The Hall–Kier alpha value is -1.08. The van der Waals surface area contributed by atoms with Crippen molar-refractivity contribution in [3.8, 4) is 0 Å². The molecule has 1 aromatic heterocycles. The van der Waals surface area contributed by atoms with E-state index in [0.29, 0.717) is 0 Å². The van der Waals surface area contributed by atoms with Crippen LogP contribution in [0.2, 0.25) is 0 Å². The third-order valence-corrected chi connectivity index (χ3v) is 2.22. The van der Waals surface area contributed by atoms with Crippen molar-refractivity contribution >= 4 is 0 Å². The number of alkyl halides is 3. The fraction of sp³-hybridized carbons (Fsp3) is 0.667. The van der Waals surface area contributed by atoms with Crippen molar-refractivity contribution in [2.75, 3.05) is 6.54 Å². The molecule has 4 nitrogen and oxygen atoms in total. The number of aryl methyl sites for hydroxylation is 1. The van der Waals surface area contributed by atoms with Gasteiger partial charge in [0.15, 0.2) is 6.10 Å². The van der Waals surface area contributed by atoms with E-state index in [9.17, 15) is 13.2 Å². The second kappa shape index (κ2) is 4.84. The van der Waals surface area contributed by atoms with E-state index in [4.69, 9.17) is 5.11 Å². The molecule has 2 atom stereocenters. The van der Waals surface area contributed by atoms with Crippen LogP contribution in [-0.2, 0) is 7.05 Å². The maximum absolute atomic E-state index is 12.0. The highest BCUT2D eigenvalue weighted by Gasteiger charge is 2.37. The molecule has 0 saturated carbocycles. The lowest BCUT2D eigenvalue weighted by Crippen LogP contribution is -2.39. The minimum absolute atomic E-state index is 0.286. The molecule has 92 valence electrons. The molecule has 1 rings (SSSR count). The number of hydrogen-bond donors (Lipinski definition) is 2. The van der Waals surface area contributed by atoms with Crippen molar-refractivity contribution in [2.24, 2.45) is 7.05 Å². The highest BCUT2D eigenvalue weighted by Crippen LogP contribution is 2.20. The number of hydrogen-bond acceptors (Lipinski definition) is 3. The first-order valence-electron chi connectivity index (χ1n) is 4.77. The average molecular weight is 237 g/mol. The Morgan fingerprint density at radius 2 is 2.19 bits per heavy atom. The summed E-state index contributed by atoms with van der Waals surface area (Å²) in [6.45, 7) is 1.18. The zero-order valence-electron chi connectivity index (χ0n) is 8.99. The van der Waals surface area contributed by atoms with Crippen molar-refractivity contribution in [2.45, 2.75) is 25.2 Å². The minimum atomic E-state index is -4.58. The first-order valence-corrected chi connectivity index (χ1v) is 4.77. The van der Waals surface area contributed by atoms with Gasteiger partial charge in [0.2, 0.25) is 0 Å². The number of halogens is 3. The number of nitrogens with zero attached hydrogens (tertiary/aromatic N) is 2. The predicted octanol–water partition coefficient (Wildman–Crippen LogP) is 0.994. The molecule has 16 heavy (non-hydrogen) atoms. The van der Waals surface area contributed by atoms with E-state index in [2.05, 4.69) is 10.4 Å². The molecule has 0 spiro atoms. The minimum Gasteiger partial charge on any atom is -0.382 e. The summed E-state index contributed by atoms with van der Waals surface area (Å²) in [6.07, 6.45) is -3.65. The van der Waals surface area contributed by atoms with Gasteiger partial charge in [-0.1, -0.05) is 0 Å². The summed E-state index contributed by atoms with van der Waals surface area (Å²) in [5.41, 5.74) is 0.775. The summed E-state index contributed by atoms with van der Waals surface area (Å²) in [7, 11) is 1.72. The Kier molecular flexibility index (Phi) is 3.93. The van der Waals surface area contributed by atoms with Crippen molar-refractivity contribution in [3.05, 3.63) is 18.0 Å². The van der Waals surface area contributed by atoms with Crippen LogP contribution in [0.3, 0.4) is 0 Å². The van der Waals surface area contributed by atoms with E-state index in [1.807, 2.05) is 0 Å². The summed E-state index contributed by atoms with van der Waals surface area (Å²) >= 11 is 0. The maximum Gasteiger partial charge on any atom is 0.415 e. The second-order valence-corrected chi connectivity index (χ2v) is 3.63. The van der Waals surface area contributed by atoms with Crippen LogP contribution in [0.25, 0.3) is 0 Å². The number of aliphatic hydroxyl groups excluding tert-OH is 1. The first-order chi connectivity index (χ1) is 7.30.